The molecule has 0 radical (unpaired) electrons. The van der Waals surface area contributed by atoms with Crippen LogP contribution in [0.2, 0.25) is 10.0 Å². The van der Waals surface area contributed by atoms with Gasteiger partial charge in [0.2, 0.25) is 0 Å². The van der Waals surface area contributed by atoms with Crippen LogP contribution in [-0.4, -0.2) is 42.2 Å². The molecule has 7 nitrogen and oxygen atoms in total. The number of morpholine rings is 1. The fourth-order valence-corrected chi connectivity index (χ4v) is 3.69. The van der Waals surface area contributed by atoms with E-state index >= 15 is 0 Å². The lowest BCUT2D eigenvalue weighted by atomic mass is 10.2. The molecule has 0 saturated carbocycles. The minimum Gasteiger partial charge on any atom is -0.378 e. The van der Waals surface area contributed by atoms with E-state index in [-0.39, 0.29) is 15.6 Å². The molecule has 2 N–H and O–H groups in total. The average molecular weight is 444 g/mol. The molecule has 3 heterocycles. The number of halogens is 2. The third-order valence-corrected chi connectivity index (χ3v) is 5.21. The Bertz CT molecular complexity index is 1040. The fraction of sp³-hybridized carbons (Fsp3) is 0.190. The van der Waals surface area contributed by atoms with E-state index in [9.17, 15) is 4.79 Å². The van der Waals surface area contributed by atoms with Gasteiger partial charge in [-0.2, -0.15) is 0 Å². The molecule has 1 saturated heterocycles. The van der Waals surface area contributed by atoms with E-state index in [4.69, 9.17) is 27.9 Å². The van der Waals surface area contributed by atoms with Crippen molar-refractivity contribution in [1.82, 2.24) is 9.97 Å². The summed E-state index contributed by atoms with van der Waals surface area (Å²) < 4.78 is 5.40. The second kappa shape index (κ2) is 9.30. The van der Waals surface area contributed by atoms with E-state index in [1.165, 1.54) is 0 Å². The van der Waals surface area contributed by atoms with Crippen LogP contribution >= 0.6 is 23.2 Å². The Morgan fingerprint density at radius 3 is 2.37 bits per heavy atom. The van der Waals surface area contributed by atoms with Gasteiger partial charge in [0.15, 0.2) is 0 Å². The molecule has 1 aliphatic rings. The Labute approximate surface area is 184 Å². The van der Waals surface area contributed by atoms with Crippen LogP contribution in [0.5, 0.6) is 0 Å². The number of hydrogen-bond acceptors (Lipinski definition) is 6. The molecule has 0 atom stereocenters. The largest absolute Gasteiger partial charge is 0.378 e. The highest BCUT2D eigenvalue weighted by Crippen LogP contribution is 2.26. The van der Waals surface area contributed by atoms with Crippen molar-refractivity contribution in [3.8, 4) is 0 Å². The maximum absolute atomic E-state index is 12.6. The Balaban J connectivity index is 1.48. The molecule has 0 aliphatic carbocycles. The number of nitrogens with one attached hydrogen (secondary N) is 2. The van der Waals surface area contributed by atoms with E-state index in [1.807, 2.05) is 12.1 Å². The number of nitrogens with zero attached hydrogens (tertiary/aromatic N) is 3. The van der Waals surface area contributed by atoms with E-state index in [0.29, 0.717) is 30.5 Å². The van der Waals surface area contributed by atoms with Crippen LogP contribution in [0.15, 0.2) is 54.9 Å². The Hall–Kier alpha value is -2.87. The molecule has 2 aromatic heterocycles. The highest BCUT2D eigenvalue weighted by Gasteiger charge is 2.15. The van der Waals surface area contributed by atoms with Crippen LogP contribution in [0.25, 0.3) is 0 Å². The van der Waals surface area contributed by atoms with Crippen LogP contribution in [0.4, 0.5) is 23.0 Å². The number of anilines is 4. The van der Waals surface area contributed by atoms with Crippen molar-refractivity contribution in [2.45, 2.75) is 0 Å². The normalized spacial score (nSPS) is 13.7. The van der Waals surface area contributed by atoms with Gasteiger partial charge in [-0.05, 0) is 24.3 Å². The Kier molecular flexibility index (Phi) is 6.32. The number of hydrogen-bond donors (Lipinski definition) is 2. The summed E-state index contributed by atoms with van der Waals surface area (Å²) in [5.41, 5.74) is 1.85. The highest BCUT2D eigenvalue weighted by atomic mass is 35.5. The predicted octanol–water partition coefficient (Wildman–Crippen LogP) is 4.62. The first-order valence-electron chi connectivity index (χ1n) is 9.37. The van der Waals surface area contributed by atoms with Crippen molar-refractivity contribution in [2.75, 3.05) is 41.8 Å². The number of amides is 1. The summed E-state index contributed by atoms with van der Waals surface area (Å²) in [5.74, 6) is 0.809. The topological polar surface area (TPSA) is 79.4 Å². The van der Waals surface area contributed by atoms with E-state index in [2.05, 4.69) is 25.5 Å². The minimum absolute atomic E-state index is 0.229. The van der Waals surface area contributed by atoms with E-state index in [1.54, 1.807) is 42.7 Å². The summed E-state index contributed by atoms with van der Waals surface area (Å²) in [6.45, 7) is 3.11. The van der Waals surface area contributed by atoms with Gasteiger partial charge < -0.3 is 20.3 Å². The van der Waals surface area contributed by atoms with Gasteiger partial charge in [0.1, 0.15) is 11.6 Å². The van der Waals surface area contributed by atoms with Crippen LogP contribution in [0.3, 0.4) is 0 Å². The summed E-state index contributed by atoms with van der Waals surface area (Å²) >= 11 is 12.2. The van der Waals surface area contributed by atoms with Gasteiger partial charge in [0.05, 0.1) is 28.8 Å². The molecule has 154 valence electrons. The molecule has 30 heavy (non-hydrogen) atoms. The molecule has 3 aromatic rings. The third-order valence-electron chi connectivity index (χ3n) is 4.58. The lowest BCUT2D eigenvalue weighted by Gasteiger charge is -2.28. The number of carbonyl (C=O) groups excluding carboxylic acids is 1. The lowest BCUT2D eigenvalue weighted by molar-refractivity contribution is 0.102. The zero-order valence-electron chi connectivity index (χ0n) is 15.9. The average Bonchev–Trinajstić information content (AvgIpc) is 2.75. The van der Waals surface area contributed by atoms with Crippen LogP contribution in [-0.2, 0) is 4.74 Å². The molecule has 0 spiro atoms. The second-order valence-electron chi connectivity index (χ2n) is 6.60. The van der Waals surface area contributed by atoms with Gasteiger partial charge in [-0.15, -0.1) is 0 Å². The van der Waals surface area contributed by atoms with Gasteiger partial charge in [-0.3, -0.25) is 4.79 Å². The van der Waals surface area contributed by atoms with Crippen molar-refractivity contribution in [2.24, 2.45) is 0 Å². The van der Waals surface area contributed by atoms with Crippen LogP contribution in [0.1, 0.15) is 10.4 Å². The fourth-order valence-electron chi connectivity index (χ4n) is 3.12. The molecule has 0 bridgehead atoms. The molecule has 1 amide bonds. The first kappa shape index (κ1) is 20.4. The number of rotatable bonds is 5. The summed E-state index contributed by atoms with van der Waals surface area (Å²) in [6.07, 6.45) is 3.34. The summed E-state index contributed by atoms with van der Waals surface area (Å²) in [5, 5.41) is 6.55. The number of pyridine rings is 2. The lowest BCUT2D eigenvalue weighted by Crippen LogP contribution is -2.36. The summed E-state index contributed by atoms with van der Waals surface area (Å²) in [4.78, 5) is 23.5. The van der Waals surface area contributed by atoms with Gasteiger partial charge >= 0.3 is 0 Å². The standard InChI is InChI=1S/C21H19Cl2N5O2/c22-16-2-1-3-17(23)20(16)21(29)26-14-4-6-24-18(12-14)27-19-13-15(5-7-25-19)28-8-10-30-11-9-28/h1-7,12-13H,8-11H2,(H2,24,25,26,27,29). The van der Waals surface area contributed by atoms with Gasteiger partial charge in [-0.25, -0.2) is 9.97 Å². The molecule has 1 aromatic carbocycles. The van der Waals surface area contributed by atoms with Crippen molar-refractivity contribution < 1.29 is 9.53 Å². The number of aromatic nitrogens is 2. The maximum Gasteiger partial charge on any atom is 0.258 e. The zero-order chi connectivity index (χ0) is 20.9. The predicted molar refractivity (Wildman–Crippen MR) is 119 cm³/mol. The van der Waals surface area contributed by atoms with Gasteiger partial charge in [0, 0.05) is 49.0 Å². The number of benzene rings is 1. The van der Waals surface area contributed by atoms with E-state index < -0.39 is 5.91 Å². The monoisotopic (exact) mass is 443 g/mol. The highest BCUT2D eigenvalue weighted by molar-refractivity contribution is 6.40. The molecular weight excluding hydrogens is 425 g/mol. The first-order chi connectivity index (χ1) is 14.6. The molecule has 4 rings (SSSR count). The SMILES string of the molecule is O=C(Nc1ccnc(Nc2cc(N3CCOCC3)ccn2)c1)c1c(Cl)cccc1Cl. The molecule has 1 fully saturated rings. The molecular formula is C21H19Cl2N5O2. The Morgan fingerprint density at radius 1 is 0.967 bits per heavy atom. The van der Waals surface area contributed by atoms with Crippen LogP contribution < -0.4 is 15.5 Å². The zero-order valence-corrected chi connectivity index (χ0v) is 17.5. The quantitative estimate of drug-likeness (QED) is 0.598. The van der Waals surface area contributed by atoms with Crippen molar-refractivity contribution in [3.63, 3.8) is 0 Å². The van der Waals surface area contributed by atoms with Gasteiger partial charge in [0.25, 0.3) is 5.91 Å². The third kappa shape index (κ3) is 4.81. The van der Waals surface area contributed by atoms with Crippen molar-refractivity contribution >= 4 is 52.1 Å². The van der Waals surface area contributed by atoms with Crippen molar-refractivity contribution in [3.05, 3.63) is 70.5 Å². The number of ether oxygens (including phenoxy) is 1. The van der Waals surface area contributed by atoms with Crippen LogP contribution in [0, 0.1) is 0 Å². The first-order valence-corrected chi connectivity index (χ1v) is 10.1. The maximum atomic E-state index is 12.6. The minimum atomic E-state index is -0.393. The molecule has 9 heteroatoms. The summed E-state index contributed by atoms with van der Waals surface area (Å²) in [7, 11) is 0. The molecule has 0 unspecified atom stereocenters. The van der Waals surface area contributed by atoms with Crippen molar-refractivity contribution in [1.29, 1.82) is 0 Å². The summed E-state index contributed by atoms with van der Waals surface area (Å²) in [6, 6.07) is 12.3. The smallest absolute Gasteiger partial charge is 0.258 e. The van der Waals surface area contributed by atoms with E-state index in [0.717, 1.165) is 18.8 Å². The Morgan fingerprint density at radius 2 is 1.63 bits per heavy atom. The number of carbonyl (C=O) groups is 1. The molecule has 1 aliphatic heterocycles. The van der Waals surface area contributed by atoms with Gasteiger partial charge in [-0.1, -0.05) is 29.3 Å². The second-order valence-corrected chi connectivity index (χ2v) is 7.42.